The van der Waals surface area contributed by atoms with Crippen LogP contribution in [0, 0.1) is 11.8 Å². The van der Waals surface area contributed by atoms with Gasteiger partial charge in [0.25, 0.3) is 0 Å². The molecular formula is C16H17N3S. The Morgan fingerprint density at radius 1 is 1.25 bits per heavy atom. The van der Waals surface area contributed by atoms with Crippen LogP contribution in [0.15, 0.2) is 52.7 Å². The van der Waals surface area contributed by atoms with Gasteiger partial charge in [-0.1, -0.05) is 18.2 Å². The van der Waals surface area contributed by atoms with Crippen LogP contribution in [0.25, 0.3) is 0 Å². The van der Waals surface area contributed by atoms with E-state index in [0.717, 1.165) is 16.7 Å². The first-order valence-electron chi connectivity index (χ1n) is 7.17. The molecule has 4 unspecified atom stereocenters. The second-order valence-electron chi connectivity index (χ2n) is 5.85. The molecule has 4 rings (SSSR count). The summed E-state index contributed by atoms with van der Waals surface area (Å²) < 4.78 is 0. The third-order valence-electron chi connectivity index (χ3n) is 4.49. The van der Waals surface area contributed by atoms with E-state index >= 15 is 0 Å². The molecular weight excluding hydrogens is 266 g/mol. The Balaban J connectivity index is 1.37. The fourth-order valence-electron chi connectivity index (χ4n) is 3.48. The van der Waals surface area contributed by atoms with Crippen LogP contribution in [0.1, 0.15) is 12.8 Å². The second-order valence-corrected chi connectivity index (χ2v) is 6.26. The largest absolute Gasteiger partial charge is 0.359 e. The third-order valence-corrected chi connectivity index (χ3v) is 4.71. The Morgan fingerprint density at radius 3 is 3.00 bits per heavy atom. The van der Waals surface area contributed by atoms with Crippen molar-refractivity contribution in [1.82, 2.24) is 10.6 Å². The van der Waals surface area contributed by atoms with Gasteiger partial charge in [-0.2, -0.15) is 0 Å². The molecule has 2 bridgehead atoms. The SMILES string of the molecule is S=C(NC1=CC2=CC=NC2C=C1)NC1CC2C=CC1C2. The zero-order valence-electron chi connectivity index (χ0n) is 11.1. The van der Waals surface area contributed by atoms with Crippen molar-refractivity contribution < 1.29 is 0 Å². The zero-order chi connectivity index (χ0) is 13.5. The number of hydrogen-bond donors (Lipinski definition) is 2. The number of fused-ring (bicyclic) bond motifs is 3. The minimum absolute atomic E-state index is 0.206. The maximum atomic E-state index is 5.44. The van der Waals surface area contributed by atoms with Gasteiger partial charge in [0, 0.05) is 18.0 Å². The fourth-order valence-corrected chi connectivity index (χ4v) is 3.75. The van der Waals surface area contributed by atoms with E-state index in [2.05, 4.69) is 46.0 Å². The Bertz CT molecular complexity index is 597. The highest BCUT2D eigenvalue weighted by Crippen LogP contribution is 2.38. The molecule has 4 atom stereocenters. The van der Waals surface area contributed by atoms with Crippen LogP contribution in [0.5, 0.6) is 0 Å². The summed E-state index contributed by atoms with van der Waals surface area (Å²) in [5.41, 5.74) is 2.26. The number of allylic oxidation sites excluding steroid dienone is 3. The molecule has 0 aromatic rings. The Labute approximate surface area is 124 Å². The predicted octanol–water partition coefficient (Wildman–Crippen LogP) is 2.25. The lowest BCUT2D eigenvalue weighted by Gasteiger charge is -2.23. The van der Waals surface area contributed by atoms with Crippen LogP contribution >= 0.6 is 12.2 Å². The van der Waals surface area contributed by atoms with Crippen molar-refractivity contribution in [1.29, 1.82) is 0 Å². The van der Waals surface area contributed by atoms with Gasteiger partial charge in [-0.15, -0.1) is 0 Å². The summed E-state index contributed by atoms with van der Waals surface area (Å²) in [6.45, 7) is 0. The van der Waals surface area contributed by atoms with E-state index in [0.29, 0.717) is 12.0 Å². The standard InChI is InChI=1S/C16H17N3S/c20-16(19-15-8-10-1-2-11(15)7-10)18-13-3-4-14-12(9-13)5-6-17-14/h1-6,9-11,14-15H,7-8H2,(H2,18,19,20). The van der Waals surface area contributed by atoms with Crippen molar-refractivity contribution in [3.8, 4) is 0 Å². The molecule has 0 radical (unpaired) electrons. The van der Waals surface area contributed by atoms with E-state index < -0.39 is 0 Å². The maximum Gasteiger partial charge on any atom is 0.171 e. The summed E-state index contributed by atoms with van der Waals surface area (Å²) >= 11 is 5.44. The van der Waals surface area contributed by atoms with Crippen LogP contribution in [0.4, 0.5) is 0 Å². The molecule has 102 valence electrons. The zero-order valence-corrected chi connectivity index (χ0v) is 11.9. The number of nitrogens with zero attached hydrogens (tertiary/aromatic N) is 1. The summed E-state index contributed by atoms with van der Waals surface area (Å²) in [4.78, 5) is 4.35. The van der Waals surface area contributed by atoms with Crippen LogP contribution < -0.4 is 10.6 Å². The van der Waals surface area contributed by atoms with Crippen molar-refractivity contribution in [3.05, 3.63) is 47.7 Å². The summed E-state index contributed by atoms with van der Waals surface area (Å²) in [5, 5.41) is 7.48. The first kappa shape index (κ1) is 12.1. The van der Waals surface area contributed by atoms with Gasteiger partial charge < -0.3 is 10.6 Å². The monoisotopic (exact) mass is 283 g/mol. The van der Waals surface area contributed by atoms with Crippen LogP contribution in [-0.2, 0) is 0 Å². The minimum Gasteiger partial charge on any atom is -0.359 e. The fraction of sp³-hybridized carbons (Fsp3) is 0.375. The molecule has 4 aliphatic rings. The first-order chi connectivity index (χ1) is 9.78. The van der Waals surface area contributed by atoms with E-state index in [1.165, 1.54) is 18.4 Å². The van der Waals surface area contributed by atoms with Gasteiger partial charge in [-0.3, -0.25) is 4.99 Å². The molecule has 20 heavy (non-hydrogen) atoms. The van der Waals surface area contributed by atoms with E-state index in [1.807, 2.05) is 12.3 Å². The first-order valence-corrected chi connectivity index (χ1v) is 7.58. The molecule has 0 aromatic carbocycles. The maximum absolute atomic E-state index is 5.44. The smallest absolute Gasteiger partial charge is 0.171 e. The van der Waals surface area contributed by atoms with Gasteiger partial charge in [-0.05, 0) is 60.7 Å². The summed E-state index contributed by atoms with van der Waals surface area (Å²) in [7, 11) is 0. The molecule has 2 N–H and O–H groups in total. The normalized spacial score (nSPS) is 35.8. The van der Waals surface area contributed by atoms with Gasteiger partial charge >= 0.3 is 0 Å². The quantitative estimate of drug-likeness (QED) is 0.603. The molecule has 1 fully saturated rings. The molecule has 4 heteroatoms. The third kappa shape index (κ3) is 2.14. The molecule has 0 saturated heterocycles. The molecule has 0 amide bonds. The average molecular weight is 283 g/mol. The lowest BCUT2D eigenvalue weighted by molar-refractivity contribution is 0.522. The van der Waals surface area contributed by atoms with E-state index in [4.69, 9.17) is 12.2 Å². The van der Waals surface area contributed by atoms with Crippen LogP contribution in [-0.4, -0.2) is 23.4 Å². The van der Waals surface area contributed by atoms with Crippen LogP contribution in [0.3, 0.4) is 0 Å². The molecule has 1 aliphatic heterocycles. The van der Waals surface area contributed by atoms with Crippen molar-refractivity contribution >= 4 is 23.5 Å². The Kier molecular flexibility index (Phi) is 2.84. The molecule has 0 aromatic heterocycles. The highest BCUT2D eigenvalue weighted by molar-refractivity contribution is 7.80. The van der Waals surface area contributed by atoms with Gasteiger partial charge in [0.15, 0.2) is 5.11 Å². The molecule has 1 heterocycles. The average Bonchev–Trinajstić information content (AvgIpc) is 3.13. The highest BCUT2D eigenvalue weighted by atomic mass is 32.1. The van der Waals surface area contributed by atoms with Gasteiger partial charge in [0.1, 0.15) is 0 Å². The van der Waals surface area contributed by atoms with Gasteiger partial charge in [-0.25, -0.2) is 0 Å². The lowest BCUT2D eigenvalue weighted by Crippen LogP contribution is -2.43. The van der Waals surface area contributed by atoms with Gasteiger partial charge in [0.2, 0.25) is 0 Å². The molecule has 1 saturated carbocycles. The van der Waals surface area contributed by atoms with E-state index in [-0.39, 0.29) is 6.04 Å². The number of nitrogens with one attached hydrogen (secondary N) is 2. The lowest BCUT2D eigenvalue weighted by atomic mass is 10.0. The number of aliphatic imine (C=N–C) groups is 1. The van der Waals surface area contributed by atoms with Crippen LogP contribution in [0.2, 0.25) is 0 Å². The summed E-state index contributed by atoms with van der Waals surface area (Å²) in [5.74, 6) is 1.42. The summed E-state index contributed by atoms with van der Waals surface area (Å²) in [6, 6.07) is 0.706. The molecule has 0 spiro atoms. The van der Waals surface area contributed by atoms with Crippen molar-refractivity contribution in [3.63, 3.8) is 0 Å². The van der Waals surface area contributed by atoms with Crippen molar-refractivity contribution in [2.45, 2.75) is 24.9 Å². The van der Waals surface area contributed by atoms with Crippen molar-refractivity contribution in [2.24, 2.45) is 16.8 Å². The minimum atomic E-state index is 0.206. The second kappa shape index (κ2) is 4.70. The Hall–Kier alpha value is -1.68. The number of hydrogen-bond acceptors (Lipinski definition) is 2. The predicted molar refractivity (Wildman–Crippen MR) is 85.6 cm³/mol. The molecule has 3 aliphatic carbocycles. The van der Waals surface area contributed by atoms with Crippen molar-refractivity contribution in [2.75, 3.05) is 0 Å². The summed E-state index contributed by atoms with van der Waals surface area (Å²) in [6.07, 6.45) is 17.4. The Morgan fingerprint density at radius 2 is 2.20 bits per heavy atom. The number of thiocarbonyl (C=S) groups is 1. The number of rotatable bonds is 2. The molecule has 3 nitrogen and oxygen atoms in total. The highest BCUT2D eigenvalue weighted by Gasteiger charge is 2.35. The van der Waals surface area contributed by atoms with Gasteiger partial charge in [0.05, 0.1) is 6.04 Å². The topological polar surface area (TPSA) is 36.4 Å². The van der Waals surface area contributed by atoms with E-state index in [9.17, 15) is 0 Å². The van der Waals surface area contributed by atoms with E-state index in [1.54, 1.807) is 0 Å².